The summed E-state index contributed by atoms with van der Waals surface area (Å²) in [5.41, 5.74) is 1.38. The summed E-state index contributed by atoms with van der Waals surface area (Å²) in [5.74, 6) is 0.119. The van der Waals surface area contributed by atoms with E-state index >= 15 is 0 Å². The highest BCUT2D eigenvalue weighted by molar-refractivity contribution is 6.00. The fourth-order valence-electron chi connectivity index (χ4n) is 3.52. The Morgan fingerprint density at radius 1 is 1.13 bits per heavy atom. The Bertz CT molecular complexity index is 1080. The molecule has 1 aromatic heterocycles. The topological polar surface area (TPSA) is 97.6 Å². The molecule has 1 N–H and O–H groups in total. The van der Waals surface area contributed by atoms with Crippen LogP contribution < -0.4 is 5.32 Å². The molecule has 2 aromatic carbocycles. The van der Waals surface area contributed by atoms with Gasteiger partial charge in [0.15, 0.2) is 0 Å². The molecular weight excluding hydrogens is 403 g/mol. The number of para-hydroxylation sites is 1. The average molecular weight is 424 g/mol. The molecule has 31 heavy (non-hydrogen) atoms. The van der Waals surface area contributed by atoms with Crippen LogP contribution in [-0.4, -0.2) is 47.2 Å². The molecule has 0 saturated carbocycles. The number of nitrogens with zero attached hydrogens (tertiary/aromatic N) is 3. The van der Waals surface area contributed by atoms with Crippen LogP contribution >= 0.6 is 0 Å². The van der Waals surface area contributed by atoms with Gasteiger partial charge in [-0.3, -0.25) is 0 Å². The van der Waals surface area contributed by atoms with Crippen molar-refractivity contribution >= 4 is 17.7 Å². The number of anilines is 1. The minimum absolute atomic E-state index is 0.0353. The summed E-state index contributed by atoms with van der Waals surface area (Å²) in [7, 11) is 1.30. The zero-order valence-corrected chi connectivity index (χ0v) is 16.9. The maximum atomic E-state index is 13.1. The molecule has 2 amide bonds. The van der Waals surface area contributed by atoms with Crippen molar-refractivity contribution < 1.29 is 23.2 Å². The van der Waals surface area contributed by atoms with Crippen molar-refractivity contribution in [2.24, 2.45) is 0 Å². The number of piperidine rings is 1. The molecular formula is C22H21FN4O4. The van der Waals surface area contributed by atoms with E-state index in [1.807, 2.05) is 0 Å². The fourth-order valence-corrected chi connectivity index (χ4v) is 3.52. The number of esters is 1. The Labute approximate surface area is 178 Å². The Morgan fingerprint density at radius 2 is 1.84 bits per heavy atom. The zero-order chi connectivity index (χ0) is 21.8. The summed E-state index contributed by atoms with van der Waals surface area (Å²) < 4.78 is 23.3. The van der Waals surface area contributed by atoms with Crippen molar-refractivity contribution in [2.45, 2.75) is 18.8 Å². The van der Waals surface area contributed by atoms with Gasteiger partial charge >= 0.3 is 12.0 Å². The van der Waals surface area contributed by atoms with Gasteiger partial charge in [0.05, 0.1) is 18.4 Å². The molecule has 1 aliphatic heterocycles. The van der Waals surface area contributed by atoms with Crippen LogP contribution in [0.5, 0.6) is 0 Å². The van der Waals surface area contributed by atoms with E-state index < -0.39 is 5.97 Å². The van der Waals surface area contributed by atoms with Gasteiger partial charge in [0.2, 0.25) is 11.7 Å². The summed E-state index contributed by atoms with van der Waals surface area (Å²) in [6.45, 7) is 1.01. The van der Waals surface area contributed by atoms with Crippen molar-refractivity contribution in [1.82, 2.24) is 15.0 Å². The summed E-state index contributed by atoms with van der Waals surface area (Å²) >= 11 is 0. The van der Waals surface area contributed by atoms with Crippen LogP contribution in [0.1, 0.15) is 35.0 Å². The van der Waals surface area contributed by atoms with Crippen LogP contribution in [0.2, 0.25) is 0 Å². The lowest BCUT2D eigenvalue weighted by Gasteiger charge is -2.30. The van der Waals surface area contributed by atoms with Crippen LogP contribution in [0.4, 0.5) is 14.9 Å². The largest absolute Gasteiger partial charge is 0.465 e. The number of amides is 2. The second-order valence-corrected chi connectivity index (χ2v) is 7.19. The van der Waals surface area contributed by atoms with Crippen LogP contribution in [0.25, 0.3) is 11.4 Å². The summed E-state index contributed by atoms with van der Waals surface area (Å²) in [6, 6.07) is 12.3. The van der Waals surface area contributed by atoms with E-state index in [0.29, 0.717) is 54.5 Å². The van der Waals surface area contributed by atoms with Gasteiger partial charge in [-0.1, -0.05) is 17.3 Å². The highest BCUT2D eigenvalue weighted by atomic mass is 19.1. The Hall–Kier alpha value is -3.75. The first-order valence-corrected chi connectivity index (χ1v) is 9.88. The molecule has 8 nitrogen and oxygen atoms in total. The lowest BCUT2D eigenvalue weighted by Crippen LogP contribution is -2.40. The SMILES string of the molecule is COC(=O)c1ccccc1NC(=O)N1CCC(c2nc(-c3ccc(F)cc3)no2)CC1. The monoisotopic (exact) mass is 424 g/mol. The van der Waals surface area contributed by atoms with Gasteiger partial charge in [-0.2, -0.15) is 4.98 Å². The highest BCUT2D eigenvalue weighted by Gasteiger charge is 2.28. The second kappa shape index (κ2) is 8.95. The minimum atomic E-state index is -0.511. The standard InChI is InChI=1S/C22H21FN4O4/c1-30-21(28)17-4-2-3-5-18(17)24-22(29)27-12-10-15(11-13-27)20-25-19(26-31-20)14-6-8-16(23)9-7-14/h2-9,15H,10-13H2,1H3,(H,24,29). The smallest absolute Gasteiger partial charge is 0.339 e. The van der Waals surface area contributed by atoms with Gasteiger partial charge in [0.25, 0.3) is 0 Å². The summed E-state index contributed by atoms with van der Waals surface area (Å²) in [6.07, 6.45) is 1.33. The van der Waals surface area contributed by atoms with Crippen LogP contribution in [0.3, 0.4) is 0 Å². The van der Waals surface area contributed by atoms with E-state index in [2.05, 4.69) is 15.5 Å². The first kappa shape index (κ1) is 20.5. The Morgan fingerprint density at radius 3 is 2.55 bits per heavy atom. The normalized spacial score (nSPS) is 14.3. The third-order valence-electron chi connectivity index (χ3n) is 5.25. The molecule has 0 unspecified atom stereocenters. The first-order valence-electron chi connectivity index (χ1n) is 9.88. The second-order valence-electron chi connectivity index (χ2n) is 7.19. The van der Waals surface area contributed by atoms with Crippen molar-refractivity contribution in [1.29, 1.82) is 0 Å². The van der Waals surface area contributed by atoms with Crippen molar-refractivity contribution in [3.63, 3.8) is 0 Å². The number of hydrogen-bond acceptors (Lipinski definition) is 6. The molecule has 1 saturated heterocycles. The predicted molar refractivity (Wildman–Crippen MR) is 110 cm³/mol. The molecule has 0 aliphatic carbocycles. The number of hydrogen-bond donors (Lipinski definition) is 1. The number of nitrogens with one attached hydrogen (secondary N) is 1. The zero-order valence-electron chi connectivity index (χ0n) is 16.9. The van der Waals surface area contributed by atoms with Crippen LogP contribution in [0, 0.1) is 5.82 Å². The molecule has 0 radical (unpaired) electrons. The number of likely N-dealkylation sites (tertiary alicyclic amines) is 1. The number of benzene rings is 2. The number of carbonyl (C=O) groups is 2. The average Bonchev–Trinajstić information content (AvgIpc) is 3.30. The third kappa shape index (κ3) is 4.55. The number of urea groups is 1. The lowest BCUT2D eigenvalue weighted by molar-refractivity contribution is 0.0602. The maximum Gasteiger partial charge on any atom is 0.339 e. The highest BCUT2D eigenvalue weighted by Crippen LogP contribution is 2.29. The molecule has 0 bridgehead atoms. The van der Waals surface area contributed by atoms with Crippen molar-refractivity contribution in [2.75, 3.05) is 25.5 Å². The molecule has 0 spiro atoms. The van der Waals surface area contributed by atoms with E-state index in [1.54, 1.807) is 41.3 Å². The van der Waals surface area contributed by atoms with Crippen molar-refractivity contribution in [3.05, 3.63) is 65.8 Å². The quantitative estimate of drug-likeness (QED) is 0.634. The van der Waals surface area contributed by atoms with Gasteiger partial charge in [0, 0.05) is 24.6 Å². The molecule has 9 heteroatoms. The van der Waals surface area contributed by atoms with E-state index in [1.165, 1.54) is 19.2 Å². The molecule has 1 fully saturated rings. The summed E-state index contributed by atoms with van der Waals surface area (Å²) in [5, 5.41) is 6.77. The maximum absolute atomic E-state index is 13.1. The number of halogens is 1. The van der Waals surface area contributed by atoms with Crippen molar-refractivity contribution in [3.8, 4) is 11.4 Å². The number of aromatic nitrogens is 2. The lowest BCUT2D eigenvalue weighted by atomic mass is 9.97. The summed E-state index contributed by atoms with van der Waals surface area (Å²) in [4.78, 5) is 30.7. The number of ether oxygens (including phenoxy) is 1. The number of rotatable bonds is 4. The Kier molecular flexibility index (Phi) is 5.92. The molecule has 2 heterocycles. The van der Waals surface area contributed by atoms with Gasteiger partial charge < -0.3 is 19.5 Å². The van der Waals surface area contributed by atoms with Gasteiger partial charge in [-0.15, -0.1) is 0 Å². The van der Waals surface area contributed by atoms with Gasteiger partial charge in [0.1, 0.15) is 5.82 Å². The van der Waals surface area contributed by atoms with E-state index in [9.17, 15) is 14.0 Å². The van der Waals surface area contributed by atoms with E-state index in [0.717, 1.165) is 0 Å². The van der Waals surface area contributed by atoms with Crippen LogP contribution in [-0.2, 0) is 4.74 Å². The molecule has 4 rings (SSSR count). The molecule has 1 aliphatic rings. The van der Waals surface area contributed by atoms with Crippen LogP contribution in [0.15, 0.2) is 53.1 Å². The molecule has 0 atom stereocenters. The van der Waals surface area contributed by atoms with E-state index in [-0.39, 0.29) is 17.8 Å². The third-order valence-corrected chi connectivity index (χ3v) is 5.25. The Balaban J connectivity index is 1.37. The molecule has 3 aromatic rings. The number of carbonyl (C=O) groups excluding carboxylic acids is 2. The van der Waals surface area contributed by atoms with E-state index in [4.69, 9.17) is 9.26 Å². The number of methoxy groups -OCH3 is 1. The first-order chi connectivity index (χ1) is 15.0. The minimum Gasteiger partial charge on any atom is -0.465 e. The fraction of sp³-hybridized carbons (Fsp3) is 0.273. The predicted octanol–water partition coefficient (Wildman–Crippen LogP) is 4.07. The van der Waals surface area contributed by atoms with Gasteiger partial charge in [-0.05, 0) is 49.2 Å². The van der Waals surface area contributed by atoms with Gasteiger partial charge in [-0.25, -0.2) is 14.0 Å². The molecule has 160 valence electrons.